The number of benzene rings is 2. The van der Waals surface area contributed by atoms with Crippen LogP contribution >= 0.6 is 0 Å². The number of anilines is 1. The van der Waals surface area contributed by atoms with Crippen LogP contribution in [-0.4, -0.2) is 6.10 Å². The fraction of sp³-hybridized carbons (Fsp3) is 0.294. The van der Waals surface area contributed by atoms with Crippen molar-refractivity contribution in [1.82, 2.24) is 0 Å². The third-order valence-electron chi connectivity index (χ3n) is 3.08. The number of hydrogen-bond acceptors (Lipinski definition) is 2. The summed E-state index contributed by atoms with van der Waals surface area (Å²) < 4.78 is 5.87. The predicted octanol–water partition coefficient (Wildman–Crippen LogP) is 4.29. The topological polar surface area (TPSA) is 35.2 Å². The van der Waals surface area contributed by atoms with Crippen LogP contribution < -0.4 is 10.5 Å². The fourth-order valence-electron chi connectivity index (χ4n) is 2.14. The van der Waals surface area contributed by atoms with Gasteiger partial charge in [-0.3, -0.25) is 0 Å². The molecule has 0 aliphatic rings. The summed E-state index contributed by atoms with van der Waals surface area (Å²) >= 11 is 0. The first-order valence-corrected chi connectivity index (χ1v) is 6.76. The van der Waals surface area contributed by atoms with E-state index in [9.17, 15) is 0 Å². The molecule has 2 N–H and O–H groups in total. The van der Waals surface area contributed by atoms with Crippen molar-refractivity contribution in [2.75, 3.05) is 5.73 Å². The van der Waals surface area contributed by atoms with Gasteiger partial charge in [0.25, 0.3) is 0 Å². The van der Waals surface area contributed by atoms with Crippen LogP contribution in [0.15, 0.2) is 42.5 Å². The maximum atomic E-state index is 5.97. The van der Waals surface area contributed by atoms with E-state index in [2.05, 4.69) is 25.1 Å². The van der Waals surface area contributed by atoms with Crippen LogP contribution in [0.5, 0.6) is 5.75 Å². The van der Waals surface area contributed by atoms with Gasteiger partial charge in [0.05, 0.1) is 6.10 Å². The van der Waals surface area contributed by atoms with E-state index in [1.807, 2.05) is 38.1 Å². The van der Waals surface area contributed by atoms with Crippen LogP contribution in [0.2, 0.25) is 0 Å². The summed E-state index contributed by atoms with van der Waals surface area (Å²) in [4.78, 5) is 0. The van der Waals surface area contributed by atoms with Gasteiger partial charge in [-0.2, -0.15) is 0 Å². The summed E-state index contributed by atoms with van der Waals surface area (Å²) in [6.45, 7) is 6.19. The molecule has 0 fully saturated rings. The highest BCUT2D eigenvalue weighted by Gasteiger charge is 2.08. The van der Waals surface area contributed by atoms with E-state index in [0.29, 0.717) is 0 Å². The fourth-order valence-corrected chi connectivity index (χ4v) is 2.14. The maximum Gasteiger partial charge on any atom is 0.127 e. The average Bonchev–Trinajstić information content (AvgIpc) is 2.39. The van der Waals surface area contributed by atoms with Crippen molar-refractivity contribution in [3.8, 4) is 16.9 Å². The number of nitrogens with two attached hydrogens (primary N) is 1. The molecule has 2 rings (SSSR count). The van der Waals surface area contributed by atoms with Crippen LogP contribution in [0, 0.1) is 0 Å². The Balaban J connectivity index is 2.46. The molecule has 0 amide bonds. The molecule has 2 nitrogen and oxygen atoms in total. The van der Waals surface area contributed by atoms with Crippen molar-refractivity contribution < 1.29 is 4.74 Å². The number of para-hydroxylation sites is 1. The number of nitrogen functional groups attached to an aromatic ring is 1. The van der Waals surface area contributed by atoms with Gasteiger partial charge in [-0.15, -0.1) is 0 Å². The molecule has 2 aromatic carbocycles. The highest BCUT2D eigenvalue weighted by atomic mass is 16.5. The zero-order chi connectivity index (χ0) is 13.8. The normalized spacial score (nSPS) is 10.7. The van der Waals surface area contributed by atoms with E-state index in [4.69, 9.17) is 10.5 Å². The van der Waals surface area contributed by atoms with Gasteiger partial charge in [0, 0.05) is 11.3 Å². The lowest BCUT2D eigenvalue weighted by Gasteiger charge is -2.15. The standard InChI is InChI=1S/C17H21NO/c1-4-13-11-14(9-10-16(13)18)15-7-5-6-8-17(15)19-12(2)3/h5-12H,4,18H2,1-3H3. The third-order valence-corrected chi connectivity index (χ3v) is 3.08. The Labute approximate surface area is 115 Å². The molecule has 0 saturated carbocycles. The van der Waals surface area contributed by atoms with Crippen molar-refractivity contribution in [2.24, 2.45) is 0 Å². The molecule has 0 radical (unpaired) electrons. The highest BCUT2D eigenvalue weighted by Crippen LogP contribution is 2.32. The van der Waals surface area contributed by atoms with Crippen molar-refractivity contribution in [1.29, 1.82) is 0 Å². The molecule has 2 heteroatoms. The van der Waals surface area contributed by atoms with Crippen LogP contribution in [0.1, 0.15) is 26.3 Å². The largest absolute Gasteiger partial charge is 0.490 e. The molecule has 19 heavy (non-hydrogen) atoms. The van der Waals surface area contributed by atoms with Crippen molar-refractivity contribution in [2.45, 2.75) is 33.3 Å². The second-order valence-electron chi connectivity index (χ2n) is 4.93. The average molecular weight is 255 g/mol. The van der Waals surface area contributed by atoms with Gasteiger partial charge in [0.2, 0.25) is 0 Å². The Morgan fingerprint density at radius 1 is 1.11 bits per heavy atom. The summed E-state index contributed by atoms with van der Waals surface area (Å²) in [7, 11) is 0. The van der Waals surface area contributed by atoms with E-state index < -0.39 is 0 Å². The van der Waals surface area contributed by atoms with Crippen LogP contribution in [-0.2, 0) is 6.42 Å². The molecular formula is C17H21NO. The predicted molar refractivity (Wildman–Crippen MR) is 81.4 cm³/mol. The minimum absolute atomic E-state index is 0.167. The van der Waals surface area contributed by atoms with Gasteiger partial charge in [0.15, 0.2) is 0 Å². The first-order chi connectivity index (χ1) is 9.11. The summed E-state index contributed by atoms with van der Waals surface area (Å²) in [5.74, 6) is 0.921. The van der Waals surface area contributed by atoms with Gasteiger partial charge in [0.1, 0.15) is 5.75 Å². The lowest BCUT2D eigenvalue weighted by molar-refractivity contribution is 0.243. The molecule has 0 heterocycles. The Kier molecular flexibility index (Phi) is 4.10. The number of rotatable bonds is 4. The lowest BCUT2D eigenvalue weighted by Crippen LogP contribution is -2.06. The van der Waals surface area contributed by atoms with E-state index in [1.165, 1.54) is 5.56 Å². The van der Waals surface area contributed by atoms with Gasteiger partial charge < -0.3 is 10.5 Å². The van der Waals surface area contributed by atoms with Crippen LogP contribution in [0.3, 0.4) is 0 Å². The number of hydrogen-bond donors (Lipinski definition) is 1. The first-order valence-electron chi connectivity index (χ1n) is 6.76. The van der Waals surface area contributed by atoms with Crippen LogP contribution in [0.25, 0.3) is 11.1 Å². The molecule has 0 unspecified atom stereocenters. The van der Waals surface area contributed by atoms with Gasteiger partial charge >= 0.3 is 0 Å². The molecule has 0 aliphatic heterocycles. The summed E-state index contributed by atoms with van der Waals surface area (Å²) in [6.07, 6.45) is 1.10. The minimum Gasteiger partial charge on any atom is -0.490 e. The zero-order valence-corrected chi connectivity index (χ0v) is 11.8. The highest BCUT2D eigenvalue weighted by molar-refractivity contribution is 5.73. The quantitative estimate of drug-likeness (QED) is 0.827. The van der Waals surface area contributed by atoms with E-state index in [1.54, 1.807) is 0 Å². The van der Waals surface area contributed by atoms with E-state index in [-0.39, 0.29) is 6.10 Å². The molecule has 2 aromatic rings. The van der Waals surface area contributed by atoms with Gasteiger partial charge in [-0.25, -0.2) is 0 Å². The molecule has 0 saturated heterocycles. The van der Waals surface area contributed by atoms with Crippen molar-refractivity contribution in [3.05, 3.63) is 48.0 Å². The Hall–Kier alpha value is -1.96. The molecular weight excluding hydrogens is 234 g/mol. The Bertz CT molecular complexity index is 561. The second kappa shape index (κ2) is 5.79. The smallest absolute Gasteiger partial charge is 0.127 e. The van der Waals surface area contributed by atoms with Gasteiger partial charge in [-0.1, -0.05) is 31.2 Å². The van der Waals surface area contributed by atoms with Crippen molar-refractivity contribution in [3.63, 3.8) is 0 Å². The van der Waals surface area contributed by atoms with E-state index in [0.717, 1.165) is 29.0 Å². The minimum atomic E-state index is 0.167. The Morgan fingerprint density at radius 2 is 1.84 bits per heavy atom. The number of ether oxygens (including phenoxy) is 1. The molecule has 0 aliphatic carbocycles. The SMILES string of the molecule is CCc1cc(-c2ccccc2OC(C)C)ccc1N. The molecule has 0 atom stereocenters. The Morgan fingerprint density at radius 3 is 2.53 bits per heavy atom. The molecule has 100 valence electrons. The van der Waals surface area contributed by atoms with Crippen LogP contribution in [0.4, 0.5) is 5.69 Å². The maximum absolute atomic E-state index is 5.97. The second-order valence-corrected chi connectivity index (χ2v) is 4.93. The molecule has 0 bridgehead atoms. The summed E-state index contributed by atoms with van der Waals surface area (Å²) in [5, 5.41) is 0. The first kappa shape index (κ1) is 13.5. The summed E-state index contributed by atoms with van der Waals surface area (Å²) in [6, 6.07) is 14.3. The zero-order valence-electron chi connectivity index (χ0n) is 11.8. The number of aryl methyl sites for hydroxylation is 1. The monoisotopic (exact) mass is 255 g/mol. The molecule has 0 aromatic heterocycles. The van der Waals surface area contributed by atoms with E-state index >= 15 is 0 Å². The lowest BCUT2D eigenvalue weighted by atomic mass is 10.00. The summed E-state index contributed by atoms with van der Waals surface area (Å²) in [5.41, 5.74) is 10.3. The van der Waals surface area contributed by atoms with Crippen molar-refractivity contribution >= 4 is 5.69 Å². The third kappa shape index (κ3) is 3.08. The molecule has 0 spiro atoms. The van der Waals surface area contributed by atoms with Gasteiger partial charge in [-0.05, 0) is 49.6 Å².